The third-order valence-electron chi connectivity index (χ3n) is 5.48. The van der Waals surface area contributed by atoms with Crippen molar-refractivity contribution >= 4 is 23.3 Å². The first-order chi connectivity index (χ1) is 15.4. The zero-order chi connectivity index (χ0) is 22.8. The molecule has 7 nitrogen and oxygen atoms in total. The number of methoxy groups -OCH3 is 1. The van der Waals surface area contributed by atoms with Crippen molar-refractivity contribution in [3.8, 4) is 11.1 Å². The summed E-state index contributed by atoms with van der Waals surface area (Å²) >= 11 is 0. The molecule has 0 saturated carbocycles. The summed E-state index contributed by atoms with van der Waals surface area (Å²) in [7, 11) is 1.55. The van der Waals surface area contributed by atoms with Gasteiger partial charge in [-0.15, -0.1) is 0 Å². The number of carbonyl (C=O) groups excluding carboxylic acids is 2. The molecule has 1 aliphatic heterocycles. The smallest absolute Gasteiger partial charge is 0.251 e. The third kappa shape index (κ3) is 4.27. The Morgan fingerprint density at radius 3 is 2.50 bits per heavy atom. The Kier molecular flexibility index (Phi) is 6.05. The normalized spacial score (nSPS) is 15.0. The van der Waals surface area contributed by atoms with Gasteiger partial charge in [-0.2, -0.15) is 5.10 Å². The number of anilines is 2. The highest BCUT2D eigenvalue weighted by Gasteiger charge is 2.37. The molecule has 32 heavy (non-hydrogen) atoms. The Hall–Kier alpha value is -3.52. The number of benzene rings is 2. The zero-order valence-corrected chi connectivity index (χ0v) is 18.2. The van der Waals surface area contributed by atoms with Crippen LogP contribution in [0, 0.1) is 5.82 Å². The van der Waals surface area contributed by atoms with Gasteiger partial charge >= 0.3 is 0 Å². The molecule has 166 valence electrons. The average Bonchev–Trinajstić information content (AvgIpc) is 3.24. The predicted octanol–water partition coefficient (Wildman–Crippen LogP) is 4.48. The Balaban J connectivity index is 1.57. The van der Waals surface area contributed by atoms with E-state index in [1.165, 1.54) is 22.4 Å². The molecule has 0 radical (unpaired) electrons. The number of nitrogens with one attached hydrogen (secondary N) is 2. The van der Waals surface area contributed by atoms with Crippen LogP contribution in [0.2, 0.25) is 0 Å². The highest BCUT2D eigenvalue weighted by Crippen LogP contribution is 2.39. The Morgan fingerprint density at radius 1 is 1.19 bits per heavy atom. The maximum atomic E-state index is 13.4. The average molecular weight is 436 g/mol. The summed E-state index contributed by atoms with van der Waals surface area (Å²) in [4.78, 5) is 25.3. The van der Waals surface area contributed by atoms with Crippen molar-refractivity contribution in [2.75, 3.05) is 17.7 Å². The van der Waals surface area contributed by atoms with Crippen molar-refractivity contribution < 1.29 is 18.7 Å². The Labute approximate surface area is 185 Å². The maximum absolute atomic E-state index is 13.4. The second kappa shape index (κ2) is 8.92. The second-order valence-corrected chi connectivity index (χ2v) is 8.09. The SMILES string of the molecule is COCc1nn2c(c1-c1ccc(F)cc1)NC(=O)C2CC(=O)Nc1ccc(C(C)C)cc1. The van der Waals surface area contributed by atoms with E-state index in [-0.39, 0.29) is 30.7 Å². The van der Waals surface area contributed by atoms with E-state index < -0.39 is 6.04 Å². The van der Waals surface area contributed by atoms with Crippen molar-refractivity contribution in [1.29, 1.82) is 0 Å². The number of rotatable bonds is 7. The van der Waals surface area contributed by atoms with E-state index >= 15 is 0 Å². The van der Waals surface area contributed by atoms with Crippen LogP contribution in [0.1, 0.15) is 43.5 Å². The summed E-state index contributed by atoms with van der Waals surface area (Å²) in [5, 5.41) is 10.2. The molecule has 1 aromatic heterocycles. The van der Waals surface area contributed by atoms with Gasteiger partial charge in [-0.25, -0.2) is 9.07 Å². The highest BCUT2D eigenvalue weighted by atomic mass is 19.1. The minimum atomic E-state index is -0.787. The van der Waals surface area contributed by atoms with Gasteiger partial charge in [0.15, 0.2) is 0 Å². The van der Waals surface area contributed by atoms with E-state index in [1.807, 2.05) is 24.3 Å². The van der Waals surface area contributed by atoms with Gasteiger partial charge in [-0.05, 0) is 41.3 Å². The molecule has 2 aromatic carbocycles. The molecule has 4 rings (SSSR count). The number of nitrogens with zero attached hydrogens (tertiary/aromatic N) is 2. The summed E-state index contributed by atoms with van der Waals surface area (Å²) in [6, 6.07) is 12.8. The van der Waals surface area contributed by atoms with Gasteiger partial charge in [0.05, 0.1) is 18.7 Å². The van der Waals surface area contributed by atoms with Crippen molar-refractivity contribution in [3.05, 3.63) is 65.6 Å². The number of hydrogen-bond acceptors (Lipinski definition) is 4. The molecule has 2 N–H and O–H groups in total. The van der Waals surface area contributed by atoms with E-state index in [0.717, 1.165) is 0 Å². The molecule has 1 aliphatic rings. The van der Waals surface area contributed by atoms with Gasteiger partial charge in [-0.1, -0.05) is 38.1 Å². The maximum Gasteiger partial charge on any atom is 0.251 e. The first kappa shape index (κ1) is 21.7. The number of halogens is 1. The second-order valence-electron chi connectivity index (χ2n) is 8.09. The van der Waals surface area contributed by atoms with E-state index in [0.29, 0.717) is 34.2 Å². The zero-order valence-electron chi connectivity index (χ0n) is 18.2. The fourth-order valence-corrected chi connectivity index (χ4v) is 3.81. The van der Waals surface area contributed by atoms with Crippen LogP contribution in [0.5, 0.6) is 0 Å². The molecule has 0 spiro atoms. The van der Waals surface area contributed by atoms with Crippen LogP contribution in [0.15, 0.2) is 48.5 Å². The molecule has 0 bridgehead atoms. The van der Waals surface area contributed by atoms with Crippen LogP contribution < -0.4 is 10.6 Å². The lowest BCUT2D eigenvalue weighted by Gasteiger charge is -2.11. The number of aromatic nitrogens is 2. The number of hydrogen-bond donors (Lipinski definition) is 2. The number of carbonyl (C=O) groups is 2. The van der Waals surface area contributed by atoms with Crippen LogP contribution in [0.4, 0.5) is 15.9 Å². The van der Waals surface area contributed by atoms with Crippen molar-refractivity contribution in [1.82, 2.24) is 9.78 Å². The molecular weight excluding hydrogens is 411 g/mol. The molecule has 0 saturated heterocycles. The van der Waals surface area contributed by atoms with Gasteiger partial charge < -0.3 is 15.4 Å². The van der Waals surface area contributed by atoms with Gasteiger partial charge in [-0.3, -0.25) is 9.59 Å². The Bertz CT molecular complexity index is 1140. The van der Waals surface area contributed by atoms with Crippen molar-refractivity contribution in [2.45, 2.75) is 38.8 Å². The summed E-state index contributed by atoms with van der Waals surface area (Å²) < 4.78 is 20.2. The van der Waals surface area contributed by atoms with Crippen LogP contribution in [-0.4, -0.2) is 28.7 Å². The molecule has 2 heterocycles. The first-order valence-electron chi connectivity index (χ1n) is 10.4. The van der Waals surface area contributed by atoms with Crippen molar-refractivity contribution in [3.63, 3.8) is 0 Å². The van der Waals surface area contributed by atoms with Gasteiger partial charge in [0.25, 0.3) is 5.91 Å². The minimum absolute atomic E-state index is 0.0677. The fourth-order valence-electron chi connectivity index (χ4n) is 3.81. The van der Waals surface area contributed by atoms with Gasteiger partial charge in [0, 0.05) is 18.4 Å². The molecular formula is C24H25FN4O3. The van der Waals surface area contributed by atoms with E-state index in [9.17, 15) is 14.0 Å². The molecule has 3 aromatic rings. The first-order valence-corrected chi connectivity index (χ1v) is 10.4. The molecule has 8 heteroatoms. The Morgan fingerprint density at radius 2 is 1.88 bits per heavy atom. The predicted molar refractivity (Wildman–Crippen MR) is 120 cm³/mol. The monoisotopic (exact) mass is 436 g/mol. The van der Waals surface area contributed by atoms with Crippen LogP contribution in [0.25, 0.3) is 11.1 Å². The molecule has 0 fully saturated rings. The molecule has 0 aliphatic carbocycles. The van der Waals surface area contributed by atoms with E-state index in [1.54, 1.807) is 19.2 Å². The van der Waals surface area contributed by atoms with Crippen LogP contribution >= 0.6 is 0 Å². The topological polar surface area (TPSA) is 85.2 Å². The lowest BCUT2D eigenvalue weighted by atomic mass is 10.0. The van der Waals surface area contributed by atoms with Crippen molar-refractivity contribution in [2.24, 2.45) is 0 Å². The van der Waals surface area contributed by atoms with Crippen LogP contribution in [-0.2, 0) is 20.9 Å². The molecule has 1 unspecified atom stereocenters. The quantitative estimate of drug-likeness (QED) is 0.572. The highest BCUT2D eigenvalue weighted by molar-refractivity contribution is 6.04. The number of ether oxygens (including phenoxy) is 1. The largest absolute Gasteiger partial charge is 0.378 e. The van der Waals surface area contributed by atoms with E-state index in [2.05, 4.69) is 29.6 Å². The number of fused-ring (bicyclic) bond motifs is 1. The van der Waals surface area contributed by atoms with Gasteiger partial charge in [0.1, 0.15) is 17.7 Å². The van der Waals surface area contributed by atoms with E-state index in [4.69, 9.17) is 4.74 Å². The summed E-state index contributed by atoms with van der Waals surface area (Å²) in [6.07, 6.45) is -0.0677. The number of amides is 2. The molecule has 1 atom stereocenters. The summed E-state index contributed by atoms with van der Waals surface area (Å²) in [6.45, 7) is 4.42. The lowest BCUT2D eigenvalue weighted by molar-refractivity contribution is -0.123. The molecule has 2 amide bonds. The summed E-state index contributed by atoms with van der Waals surface area (Å²) in [5.74, 6) is -0.0806. The standard InChI is InChI=1S/C24H25FN4O3/c1-14(2)15-6-10-18(11-7-15)26-21(30)12-20-24(31)27-23-22(16-4-8-17(25)9-5-16)19(13-32-3)28-29(20)23/h4-11,14,20H,12-13H2,1-3H3,(H,26,30)(H,27,31). The van der Waals surface area contributed by atoms with Crippen LogP contribution in [0.3, 0.4) is 0 Å². The summed E-state index contributed by atoms with van der Waals surface area (Å²) in [5.41, 5.74) is 3.82. The van der Waals surface area contributed by atoms with Gasteiger partial charge in [0.2, 0.25) is 5.91 Å². The lowest BCUT2D eigenvalue weighted by Crippen LogP contribution is -2.24. The fraction of sp³-hybridized carbons (Fsp3) is 0.292. The third-order valence-corrected chi connectivity index (χ3v) is 5.48. The minimum Gasteiger partial charge on any atom is -0.378 e.